The Morgan fingerprint density at radius 3 is 2.40 bits per heavy atom. The Morgan fingerprint density at radius 1 is 1.33 bits per heavy atom. The summed E-state index contributed by atoms with van der Waals surface area (Å²) in [6.45, 7) is 2.11. The topological polar surface area (TPSA) is 20.2 Å². The normalized spacial score (nSPS) is 30.8. The standard InChI is InChI=1S/C11H12Br2OS/c1-7-5-15-6-11(7,14)8-2-9(12)4-10(13)3-8/h2-4,7,14H,5-6H2,1H3/t7-,11+/m1/s1. The van der Waals surface area contributed by atoms with E-state index in [9.17, 15) is 5.11 Å². The number of aliphatic hydroxyl groups is 1. The first-order valence-corrected chi connectivity index (χ1v) is 7.53. The molecular weight excluding hydrogens is 340 g/mol. The molecule has 0 unspecified atom stereocenters. The smallest absolute Gasteiger partial charge is 0.102 e. The Hall–Kier alpha value is 0.490. The molecule has 0 saturated carbocycles. The van der Waals surface area contributed by atoms with Gasteiger partial charge in [-0.15, -0.1) is 0 Å². The van der Waals surface area contributed by atoms with Gasteiger partial charge in [-0.3, -0.25) is 0 Å². The highest BCUT2D eigenvalue weighted by molar-refractivity contribution is 9.11. The van der Waals surface area contributed by atoms with Gasteiger partial charge in [0.25, 0.3) is 0 Å². The fraction of sp³-hybridized carbons (Fsp3) is 0.455. The predicted molar refractivity (Wildman–Crippen MR) is 72.2 cm³/mol. The van der Waals surface area contributed by atoms with Gasteiger partial charge in [0.05, 0.1) is 0 Å². The van der Waals surface area contributed by atoms with Crippen molar-refractivity contribution in [2.45, 2.75) is 12.5 Å². The van der Waals surface area contributed by atoms with E-state index in [1.54, 1.807) is 0 Å². The number of hydrogen-bond donors (Lipinski definition) is 1. The van der Waals surface area contributed by atoms with Crippen molar-refractivity contribution in [1.82, 2.24) is 0 Å². The van der Waals surface area contributed by atoms with Gasteiger partial charge in [0.2, 0.25) is 0 Å². The highest BCUT2D eigenvalue weighted by Crippen LogP contribution is 2.42. The van der Waals surface area contributed by atoms with Crippen LogP contribution in [0.15, 0.2) is 27.1 Å². The summed E-state index contributed by atoms with van der Waals surface area (Å²) in [5.74, 6) is 2.13. The van der Waals surface area contributed by atoms with E-state index < -0.39 is 5.60 Å². The van der Waals surface area contributed by atoms with E-state index in [0.29, 0.717) is 5.92 Å². The molecule has 1 nitrogen and oxygen atoms in total. The number of rotatable bonds is 1. The minimum Gasteiger partial charge on any atom is -0.384 e. The summed E-state index contributed by atoms with van der Waals surface area (Å²) in [5, 5.41) is 10.6. The maximum absolute atomic E-state index is 10.6. The molecule has 4 heteroatoms. The first-order valence-electron chi connectivity index (χ1n) is 4.79. The molecule has 0 aromatic heterocycles. The van der Waals surface area contributed by atoms with Gasteiger partial charge in [-0.1, -0.05) is 38.8 Å². The van der Waals surface area contributed by atoms with Crippen LogP contribution in [-0.2, 0) is 5.60 Å². The van der Waals surface area contributed by atoms with Gasteiger partial charge < -0.3 is 5.11 Å². The van der Waals surface area contributed by atoms with E-state index in [1.165, 1.54) is 0 Å². The third-order valence-electron chi connectivity index (χ3n) is 2.87. The fourth-order valence-corrected chi connectivity index (χ4v) is 4.65. The molecule has 2 atom stereocenters. The quantitative estimate of drug-likeness (QED) is 0.830. The van der Waals surface area contributed by atoms with Crippen molar-refractivity contribution in [2.24, 2.45) is 5.92 Å². The van der Waals surface area contributed by atoms with Crippen molar-refractivity contribution in [1.29, 1.82) is 0 Å². The van der Waals surface area contributed by atoms with E-state index in [1.807, 2.05) is 30.0 Å². The molecule has 1 aromatic rings. The van der Waals surface area contributed by atoms with Crippen molar-refractivity contribution in [3.63, 3.8) is 0 Å². The molecular formula is C11H12Br2OS. The van der Waals surface area contributed by atoms with Crippen LogP contribution in [0, 0.1) is 5.92 Å². The lowest BCUT2D eigenvalue weighted by Gasteiger charge is -2.27. The fourth-order valence-electron chi connectivity index (χ4n) is 1.84. The van der Waals surface area contributed by atoms with Crippen LogP contribution in [0.2, 0.25) is 0 Å². The Kier molecular flexibility index (Phi) is 3.51. The molecule has 0 spiro atoms. The van der Waals surface area contributed by atoms with Crippen LogP contribution < -0.4 is 0 Å². The lowest BCUT2D eigenvalue weighted by Crippen LogP contribution is -2.32. The molecule has 0 amide bonds. The Morgan fingerprint density at radius 2 is 1.93 bits per heavy atom. The number of benzene rings is 1. The van der Waals surface area contributed by atoms with Crippen LogP contribution in [0.5, 0.6) is 0 Å². The maximum Gasteiger partial charge on any atom is 0.102 e. The highest BCUT2D eigenvalue weighted by atomic mass is 79.9. The third kappa shape index (κ3) is 2.28. The van der Waals surface area contributed by atoms with Crippen molar-refractivity contribution < 1.29 is 5.11 Å². The maximum atomic E-state index is 10.6. The molecule has 2 rings (SSSR count). The zero-order valence-electron chi connectivity index (χ0n) is 8.34. The van der Waals surface area contributed by atoms with Gasteiger partial charge in [-0.2, -0.15) is 11.8 Å². The highest BCUT2D eigenvalue weighted by Gasteiger charge is 2.40. The molecule has 1 N–H and O–H groups in total. The summed E-state index contributed by atoms with van der Waals surface area (Å²) in [6.07, 6.45) is 0. The summed E-state index contributed by atoms with van der Waals surface area (Å²) in [6, 6.07) is 6.00. The van der Waals surface area contributed by atoms with E-state index in [2.05, 4.69) is 38.8 Å². The van der Waals surface area contributed by atoms with Crippen LogP contribution in [0.25, 0.3) is 0 Å². The first-order chi connectivity index (χ1) is 7.02. The summed E-state index contributed by atoms with van der Waals surface area (Å²) in [5.41, 5.74) is 0.331. The van der Waals surface area contributed by atoms with Crippen LogP contribution in [0.1, 0.15) is 12.5 Å². The molecule has 0 bridgehead atoms. The van der Waals surface area contributed by atoms with E-state index in [0.717, 1.165) is 26.0 Å². The molecule has 0 radical (unpaired) electrons. The monoisotopic (exact) mass is 350 g/mol. The molecule has 0 aliphatic carbocycles. The van der Waals surface area contributed by atoms with Crippen LogP contribution in [-0.4, -0.2) is 16.6 Å². The average Bonchev–Trinajstić information content (AvgIpc) is 2.47. The third-order valence-corrected chi connectivity index (χ3v) is 5.16. The van der Waals surface area contributed by atoms with E-state index in [-0.39, 0.29) is 0 Å². The summed E-state index contributed by atoms with van der Waals surface area (Å²) in [4.78, 5) is 0. The molecule has 1 aromatic carbocycles. The molecule has 1 saturated heterocycles. The first kappa shape index (κ1) is 12.0. The van der Waals surface area contributed by atoms with Crippen LogP contribution >= 0.6 is 43.6 Å². The van der Waals surface area contributed by atoms with Gasteiger partial charge >= 0.3 is 0 Å². The van der Waals surface area contributed by atoms with Crippen molar-refractivity contribution in [3.05, 3.63) is 32.7 Å². The molecule has 82 valence electrons. The lowest BCUT2D eigenvalue weighted by atomic mass is 9.85. The zero-order chi connectivity index (χ0) is 11.1. The molecule has 15 heavy (non-hydrogen) atoms. The number of halogens is 2. The Balaban J connectivity index is 2.44. The Labute approximate surface area is 111 Å². The predicted octanol–water partition coefficient (Wildman–Crippen LogP) is 3.78. The van der Waals surface area contributed by atoms with Crippen molar-refractivity contribution in [3.8, 4) is 0 Å². The Bertz CT molecular complexity index is 363. The van der Waals surface area contributed by atoms with Crippen LogP contribution in [0.3, 0.4) is 0 Å². The summed E-state index contributed by atoms with van der Waals surface area (Å²) >= 11 is 8.73. The van der Waals surface area contributed by atoms with Gasteiger partial charge in [0.1, 0.15) is 5.60 Å². The number of thioether (sulfide) groups is 1. The van der Waals surface area contributed by atoms with Crippen molar-refractivity contribution >= 4 is 43.6 Å². The minimum absolute atomic E-state index is 0.309. The largest absolute Gasteiger partial charge is 0.384 e. The second kappa shape index (κ2) is 4.40. The second-order valence-electron chi connectivity index (χ2n) is 4.00. The molecule has 1 fully saturated rings. The minimum atomic E-state index is -0.670. The van der Waals surface area contributed by atoms with Crippen LogP contribution in [0.4, 0.5) is 0 Å². The molecule has 1 aliphatic heterocycles. The van der Waals surface area contributed by atoms with E-state index in [4.69, 9.17) is 0 Å². The summed E-state index contributed by atoms with van der Waals surface area (Å²) < 4.78 is 2.01. The second-order valence-corrected chi connectivity index (χ2v) is 6.86. The zero-order valence-corrected chi connectivity index (χ0v) is 12.3. The van der Waals surface area contributed by atoms with Gasteiger partial charge in [0, 0.05) is 14.7 Å². The van der Waals surface area contributed by atoms with Gasteiger partial charge in [0.15, 0.2) is 0 Å². The average molecular weight is 352 g/mol. The van der Waals surface area contributed by atoms with Gasteiger partial charge in [-0.25, -0.2) is 0 Å². The van der Waals surface area contributed by atoms with Gasteiger partial charge in [-0.05, 0) is 35.4 Å². The van der Waals surface area contributed by atoms with E-state index >= 15 is 0 Å². The lowest BCUT2D eigenvalue weighted by molar-refractivity contribution is 0.0233. The molecule has 1 heterocycles. The number of hydrogen-bond acceptors (Lipinski definition) is 2. The molecule has 1 aliphatic rings. The summed E-state index contributed by atoms with van der Waals surface area (Å²) in [7, 11) is 0. The SMILES string of the molecule is C[C@@H]1CSC[C@@]1(O)c1cc(Br)cc(Br)c1. The van der Waals surface area contributed by atoms with Crippen molar-refractivity contribution in [2.75, 3.05) is 11.5 Å².